The maximum absolute atomic E-state index is 12.8. The molecule has 4 heterocycles. The van der Waals surface area contributed by atoms with Crippen molar-refractivity contribution < 1.29 is 9.90 Å². The number of carbonyl (C=O) groups is 1. The number of rotatable bonds is 3. The summed E-state index contributed by atoms with van der Waals surface area (Å²) in [4.78, 5) is 21.1. The number of hydrogen-bond donors (Lipinski definition) is 2. The molecule has 0 radical (unpaired) electrons. The van der Waals surface area contributed by atoms with E-state index in [0.717, 1.165) is 63.1 Å². The highest BCUT2D eigenvalue weighted by Crippen LogP contribution is 2.23. The van der Waals surface area contributed by atoms with E-state index in [0.29, 0.717) is 11.7 Å². The van der Waals surface area contributed by atoms with E-state index in [1.54, 1.807) is 12.4 Å². The summed E-state index contributed by atoms with van der Waals surface area (Å²) in [6.45, 7) is 3.33. The predicted octanol–water partition coefficient (Wildman–Crippen LogP) is 1.53. The number of aliphatic hydroxyl groups excluding tert-OH is 1. The van der Waals surface area contributed by atoms with Crippen molar-refractivity contribution in [2.45, 2.75) is 37.8 Å². The molecule has 2 saturated heterocycles. The third kappa shape index (κ3) is 3.64. The smallest absolute Gasteiger partial charge is 0.271 e. The fraction of sp³-hybridized carbons (Fsp3) is 0.526. The molecule has 1 atom stereocenters. The lowest BCUT2D eigenvalue weighted by molar-refractivity contribution is 0.0239. The Morgan fingerprint density at radius 1 is 1.15 bits per heavy atom. The minimum atomic E-state index is -0.194. The molecule has 2 N–H and O–H groups in total. The summed E-state index contributed by atoms with van der Waals surface area (Å²) < 4.78 is 0. The topological polar surface area (TPSA) is 85.4 Å². The molecule has 2 fully saturated rings. The standard InChI is InChI=1S/C19H25N5O2/c25-16-2-1-9-24(13-16)15-5-10-23(11-6-15)19(26)18-12-17(21-22-18)14-3-7-20-8-4-14/h3-4,7-8,12,15-16,25H,1-2,5-6,9-11,13H2,(H,21,22)/t16-/m0/s1. The zero-order valence-electron chi connectivity index (χ0n) is 14.8. The second kappa shape index (κ2) is 7.55. The number of aliphatic hydroxyl groups is 1. The molecule has 2 aliphatic heterocycles. The number of aromatic amines is 1. The van der Waals surface area contributed by atoms with E-state index in [4.69, 9.17) is 0 Å². The molecule has 26 heavy (non-hydrogen) atoms. The van der Waals surface area contributed by atoms with E-state index in [2.05, 4.69) is 20.1 Å². The van der Waals surface area contributed by atoms with Crippen LogP contribution in [-0.2, 0) is 0 Å². The fourth-order valence-electron chi connectivity index (χ4n) is 4.02. The van der Waals surface area contributed by atoms with Gasteiger partial charge in [0.1, 0.15) is 5.69 Å². The molecule has 0 spiro atoms. The van der Waals surface area contributed by atoms with Crippen molar-refractivity contribution in [1.82, 2.24) is 25.0 Å². The molecule has 138 valence electrons. The van der Waals surface area contributed by atoms with Crippen LogP contribution < -0.4 is 0 Å². The normalized spacial score (nSPS) is 22.5. The van der Waals surface area contributed by atoms with E-state index in [-0.39, 0.29) is 12.0 Å². The molecule has 0 aromatic carbocycles. The summed E-state index contributed by atoms with van der Waals surface area (Å²) in [5.74, 6) is 0.00920. The van der Waals surface area contributed by atoms with Crippen LogP contribution >= 0.6 is 0 Å². The minimum absolute atomic E-state index is 0.00920. The number of amides is 1. The second-order valence-corrected chi connectivity index (χ2v) is 7.22. The average molecular weight is 355 g/mol. The van der Waals surface area contributed by atoms with Crippen molar-refractivity contribution in [2.24, 2.45) is 0 Å². The summed E-state index contributed by atoms with van der Waals surface area (Å²) in [7, 11) is 0. The first-order valence-corrected chi connectivity index (χ1v) is 9.38. The van der Waals surface area contributed by atoms with Gasteiger partial charge in [0.25, 0.3) is 5.91 Å². The van der Waals surface area contributed by atoms with Gasteiger partial charge in [-0.2, -0.15) is 5.10 Å². The zero-order valence-corrected chi connectivity index (χ0v) is 14.8. The van der Waals surface area contributed by atoms with Crippen LogP contribution in [0.25, 0.3) is 11.3 Å². The van der Waals surface area contributed by atoms with Gasteiger partial charge < -0.3 is 10.0 Å². The number of hydrogen-bond acceptors (Lipinski definition) is 5. The third-order valence-electron chi connectivity index (χ3n) is 5.48. The zero-order chi connectivity index (χ0) is 17.9. The Morgan fingerprint density at radius 2 is 1.92 bits per heavy atom. The van der Waals surface area contributed by atoms with Gasteiger partial charge in [-0.05, 0) is 50.4 Å². The first-order chi connectivity index (χ1) is 12.7. The summed E-state index contributed by atoms with van der Waals surface area (Å²) in [5.41, 5.74) is 2.23. The first-order valence-electron chi connectivity index (χ1n) is 9.38. The van der Waals surface area contributed by atoms with Crippen molar-refractivity contribution >= 4 is 5.91 Å². The minimum Gasteiger partial charge on any atom is -0.392 e. The van der Waals surface area contributed by atoms with E-state index in [1.165, 1.54) is 0 Å². The largest absolute Gasteiger partial charge is 0.392 e. The highest BCUT2D eigenvalue weighted by Gasteiger charge is 2.30. The van der Waals surface area contributed by atoms with E-state index in [1.807, 2.05) is 23.1 Å². The molecule has 4 rings (SSSR count). The molecular weight excluding hydrogens is 330 g/mol. The molecule has 2 aromatic heterocycles. The Labute approximate surface area is 153 Å². The molecule has 0 unspecified atom stereocenters. The Bertz CT molecular complexity index is 739. The summed E-state index contributed by atoms with van der Waals surface area (Å²) in [5, 5.41) is 17.0. The molecule has 0 saturated carbocycles. The van der Waals surface area contributed by atoms with Gasteiger partial charge in [0.2, 0.25) is 0 Å². The molecule has 7 heteroatoms. The molecule has 2 aromatic rings. The van der Waals surface area contributed by atoms with Crippen LogP contribution in [0, 0.1) is 0 Å². The van der Waals surface area contributed by atoms with Gasteiger partial charge in [0, 0.05) is 43.6 Å². The number of piperidine rings is 2. The molecule has 7 nitrogen and oxygen atoms in total. The molecular formula is C19H25N5O2. The van der Waals surface area contributed by atoms with Crippen LogP contribution in [0.2, 0.25) is 0 Å². The lowest BCUT2D eigenvalue weighted by Gasteiger charge is -2.41. The number of H-pyrrole nitrogens is 1. The van der Waals surface area contributed by atoms with Gasteiger partial charge in [0.15, 0.2) is 0 Å². The lowest BCUT2D eigenvalue weighted by Crippen LogP contribution is -2.50. The van der Waals surface area contributed by atoms with Gasteiger partial charge >= 0.3 is 0 Å². The van der Waals surface area contributed by atoms with Crippen molar-refractivity contribution in [2.75, 3.05) is 26.2 Å². The average Bonchev–Trinajstić information content (AvgIpc) is 3.18. The number of carbonyl (C=O) groups excluding carboxylic acids is 1. The Balaban J connectivity index is 1.36. The van der Waals surface area contributed by atoms with E-state index >= 15 is 0 Å². The van der Waals surface area contributed by atoms with Gasteiger partial charge in [-0.25, -0.2) is 0 Å². The van der Waals surface area contributed by atoms with Crippen molar-refractivity contribution in [1.29, 1.82) is 0 Å². The Hall–Kier alpha value is -2.25. The maximum Gasteiger partial charge on any atom is 0.271 e. The SMILES string of the molecule is O=C(c1cc(-c2ccncc2)n[nH]1)N1CCC(N2CCC[C@H](O)C2)CC1. The second-order valence-electron chi connectivity index (χ2n) is 7.22. The molecule has 0 bridgehead atoms. The van der Waals surface area contributed by atoms with Crippen molar-refractivity contribution in [3.63, 3.8) is 0 Å². The van der Waals surface area contributed by atoms with Crippen molar-refractivity contribution in [3.8, 4) is 11.3 Å². The van der Waals surface area contributed by atoms with Crippen LogP contribution in [0.3, 0.4) is 0 Å². The number of likely N-dealkylation sites (tertiary alicyclic amines) is 2. The fourth-order valence-corrected chi connectivity index (χ4v) is 4.02. The number of nitrogens with one attached hydrogen (secondary N) is 1. The highest BCUT2D eigenvalue weighted by atomic mass is 16.3. The van der Waals surface area contributed by atoms with Crippen molar-refractivity contribution in [3.05, 3.63) is 36.3 Å². The van der Waals surface area contributed by atoms with Gasteiger partial charge in [-0.3, -0.25) is 19.8 Å². The van der Waals surface area contributed by atoms with Crippen LogP contribution in [0.1, 0.15) is 36.2 Å². The summed E-state index contributed by atoms with van der Waals surface area (Å²) >= 11 is 0. The number of pyridine rings is 1. The van der Waals surface area contributed by atoms with Gasteiger partial charge in [-0.1, -0.05) is 0 Å². The maximum atomic E-state index is 12.8. The number of β-amino-alcohol motifs (C(OH)–C–C–N with tert-alkyl or cyclic N) is 1. The van der Waals surface area contributed by atoms with Gasteiger partial charge in [0.05, 0.1) is 11.8 Å². The summed E-state index contributed by atoms with van der Waals surface area (Å²) in [6.07, 6.45) is 7.13. The Kier molecular flexibility index (Phi) is 4.99. The predicted molar refractivity (Wildman–Crippen MR) is 97.6 cm³/mol. The van der Waals surface area contributed by atoms with Crippen LogP contribution in [0.5, 0.6) is 0 Å². The quantitative estimate of drug-likeness (QED) is 0.872. The van der Waals surface area contributed by atoms with Crippen LogP contribution in [0.15, 0.2) is 30.6 Å². The first kappa shape index (κ1) is 17.2. The molecule has 2 aliphatic rings. The Morgan fingerprint density at radius 3 is 2.65 bits per heavy atom. The summed E-state index contributed by atoms with van der Waals surface area (Å²) in [6, 6.07) is 6.04. The number of nitrogens with zero attached hydrogens (tertiary/aromatic N) is 4. The lowest BCUT2D eigenvalue weighted by atomic mass is 9.99. The van der Waals surface area contributed by atoms with Crippen LogP contribution in [0.4, 0.5) is 0 Å². The number of aromatic nitrogens is 3. The third-order valence-corrected chi connectivity index (χ3v) is 5.48. The van der Waals surface area contributed by atoms with Gasteiger partial charge in [-0.15, -0.1) is 0 Å². The molecule has 0 aliphatic carbocycles. The highest BCUT2D eigenvalue weighted by molar-refractivity contribution is 5.93. The van der Waals surface area contributed by atoms with Crippen LogP contribution in [-0.4, -0.2) is 74.3 Å². The molecule has 1 amide bonds. The van der Waals surface area contributed by atoms with E-state index < -0.39 is 0 Å². The monoisotopic (exact) mass is 355 g/mol. The van der Waals surface area contributed by atoms with E-state index in [9.17, 15) is 9.90 Å².